The second kappa shape index (κ2) is 5.30. The van der Waals surface area contributed by atoms with Crippen molar-refractivity contribution in [3.05, 3.63) is 12.4 Å². The molecule has 1 aromatic heterocycles. The Morgan fingerprint density at radius 2 is 2.26 bits per heavy atom. The van der Waals surface area contributed by atoms with Gasteiger partial charge in [0.15, 0.2) is 0 Å². The molecule has 1 aromatic rings. The number of hydrogen-bond acceptors (Lipinski definition) is 4. The van der Waals surface area contributed by atoms with Gasteiger partial charge in [-0.2, -0.15) is 9.40 Å². The molecule has 1 heterocycles. The predicted octanol–water partition coefficient (Wildman–Crippen LogP) is 0.531. The van der Waals surface area contributed by atoms with Gasteiger partial charge in [0, 0.05) is 18.8 Å². The van der Waals surface area contributed by atoms with Crippen LogP contribution in [0.15, 0.2) is 17.3 Å². The van der Waals surface area contributed by atoms with Crippen LogP contribution in [0.1, 0.15) is 26.2 Å². The minimum absolute atomic E-state index is 0.0821. The highest BCUT2D eigenvalue weighted by atomic mass is 32.2. The van der Waals surface area contributed by atoms with Crippen molar-refractivity contribution in [1.82, 2.24) is 14.1 Å². The Labute approximate surface area is 111 Å². The van der Waals surface area contributed by atoms with E-state index >= 15 is 0 Å². The predicted molar refractivity (Wildman–Crippen MR) is 67.1 cm³/mol. The lowest BCUT2D eigenvalue weighted by atomic mass is 10.4. The summed E-state index contributed by atoms with van der Waals surface area (Å²) >= 11 is 0. The van der Waals surface area contributed by atoms with Gasteiger partial charge in [-0.3, -0.25) is 9.48 Å². The lowest BCUT2D eigenvalue weighted by Gasteiger charge is -2.18. The van der Waals surface area contributed by atoms with Crippen molar-refractivity contribution in [2.24, 2.45) is 0 Å². The highest BCUT2D eigenvalue weighted by molar-refractivity contribution is 7.89. The summed E-state index contributed by atoms with van der Waals surface area (Å²) in [5.74, 6) is -0.937. The molecule has 1 saturated carbocycles. The van der Waals surface area contributed by atoms with E-state index in [1.165, 1.54) is 21.4 Å². The van der Waals surface area contributed by atoms with E-state index in [2.05, 4.69) is 5.10 Å². The zero-order valence-electron chi connectivity index (χ0n) is 10.7. The van der Waals surface area contributed by atoms with E-state index in [4.69, 9.17) is 5.11 Å². The lowest BCUT2D eigenvalue weighted by Crippen LogP contribution is -2.32. The SMILES string of the molecule is CCN(C1CC1)S(=O)(=O)c1cnn(CCC(=O)O)c1. The van der Waals surface area contributed by atoms with E-state index in [0.717, 1.165) is 12.8 Å². The smallest absolute Gasteiger partial charge is 0.305 e. The molecule has 2 rings (SSSR count). The van der Waals surface area contributed by atoms with Crippen LogP contribution >= 0.6 is 0 Å². The summed E-state index contributed by atoms with van der Waals surface area (Å²) < 4.78 is 27.5. The quantitative estimate of drug-likeness (QED) is 0.789. The molecule has 0 aromatic carbocycles. The van der Waals surface area contributed by atoms with Gasteiger partial charge in [0.25, 0.3) is 0 Å². The Balaban J connectivity index is 2.14. The Kier molecular flexibility index (Phi) is 3.91. The maximum Gasteiger partial charge on any atom is 0.305 e. The van der Waals surface area contributed by atoms with Gasteiger partial charge in [-0.15, -0.1) is 0 Å². The van der Waals surface area contributed by atoms with E-state index in [0.29, 0.717) is 6.54 Å². The standard InChI is InChI=1S/C11H17N3O4S/c1-2-14(9-3-4-9)19(17,18)10-7-12-13(8-10)6-5-11(15)16/h7-9H,2-6H2,1H3,(H,15,16). The van der Waals surface area contributed by atoms with Gasteiger partial charge in [-0.1, -0.05) is 6.92 Å². The van der Waals surface area contributed by atoms with Gasteiger partial charge >= 0.3 is 5.97 Å². The minimum Gasteiger partial charge on any atom is -0.481 e. The van der Waals surface area contributed by atoms with Crippen LogP contribution in [-0.4, -0.2) is 46.2 Å². The van der Waals surface area contributed by atoms with E-state index in [1.54, 1.807) is 0 Å². The van der Waals surface area contributed by atoms with Gasteiger partial charge < -0.3 is 5.11 Å². The molecule has 0 aliphatic heterocycles. The number of nitrogens with zero attached hydrogens (tertiary/aromatic N) is 3. The van der Waals surface area contributed by atoms with E-state index in [9.17, 15) is 13.2 Å². The summed E-state index contributed by atoms with van der Waals surface area (Å²) in [5.41, 5.74) is 0. The molecule has 0 bridgehead atoms. The van der Waals surface area contributed by atoms with Crippen LogP contribution in [0.2, 0.25) is 0 Å². The van der Waals surface area contributed by atoms with Crippen LogP contribution in [-0.2, 0) is 21.4 Å². The molecule has 1 aliphatic rings. The molecule has 0 unspecified atom stereocenters. The fourth-order valence-corrected chi connectivity index (χ4v) is 3.58. The molecular formula is C11H17N3O4S. The van der Waals surface area contributed by atoms with E-state index in [-0.39, 0.29) is 23.9 Å². The molecule has 0 radical (unpaired) electrons. The Morgan fingerprint density at radius 1 is 1.58 bits per heavy atom. The van der Waals surface area contributed by atoms with Crippen LogP contribution in [0.5, 0.6) is 0 Å². The fourth-order valence-electron chi connectivity index (χ4n) is 1.93. The molecule has 0 spiro atoms. The number of carboxylic acids is 1. The number of hydrogen-bond donors (Lipinski definition) is 1. The van der Waals surface area contributed by atoms with Crippen LogP contribution in [0.25, 0.3) is 0 Å². The summed E-state index contributed by atoms with van der Waals surface area (Å²) in [4.78, 5) is 10.6. The van der Waals surface area contributed by atoms with Crippen LogP contribution in [0.4, 0.5) is 0 Å². The number of sulfonamides is 1. The topological polar surface area (TPSA) is 92.5 Å². The summed E-state index contributed by atoms with van der Waals surface area (Å²) in [6.45, 7) is 2.42. The number of aryl methyl sites for hydroxylation is 1. The third-order valence-corrected chi connectivity index (χ3v) is 5.02. The highest BCUT2D eigenvalue weighted by Gasteiger charge is 2.37. The first-order valence-electron chi connectivity index (χ1n) is 6.21. The van der Waals surface area contributed by atoms with Gasteiger partial charge in [-0.05, 0) is 12.8 Å². The second-order valence-corrected chi connectivity index (χ2v) is 6.41. The maximum absolute atomic E-state index is 12.4. The molecule has 8 heteroatoms. The van der Waals surface area contributed by atoms with Gasteiger partial charge in [0.05, 0.1) is 19.2 Å². The summed E-state index contributed by atoms with van der Waals surface area (Å²) in [5, 5.41) is 12.5. The largest absolute Gasteiger partial charge is 0.481 e. The van der Waals surface area contributed by atoms with Crippen molar-refractivity contribution in [1.29, 1.82) is 0 Å². The monoisotopic (exact) mass is 287 g/mol. The van der Waals surface area contributed by atoms with Crippen molar-refractivity contribution in [3.8, 4) is 0 Å². The van der Waals surface area contributed by atoms with Crippen molar-refractivity contribution >= 4 is 16.0 Å². The minimum atomic E-state index is -3.50. The highest BCUT2D eigenvalue weighted by Crippen LogP contribution is 2.31. The molecular weight excluding hydrogens is 270 g/mol. The van der Waals surface area contributed by atoms with Gasteiger partial charge in [0.1, 0.15) is 4.90 Å². The number of carbonyl (C=O) groups is 1. The van der Waals surface area contributed by atoms with Crippen LogP contribution in [0.3, 0.4) is 0 Å². The number of aromatic nitrogens is 2. The van der Waals surface area contributed by atoms with Crippen molar-refractivity contribution in [3.63, 3.8) is 0 Å². The summed E-state index contributed by atoms with van der Waals surface area (Å²) in [6, 6.07) is 0.109. The fraction of sp³-hybridized carbons (Fsp3) is 0.636. The van der Waals surface area contributed by atoms with E-state index < -0.39 is 16.0 Å². The second-order valence-electron chi connectivity index (χ2n) is 4.52. The molecule has 0 atom stereocenters. The number of aliphatic carboxylic acids is 1. The number of rotatable bonds is 7. The first-order valence-corrected chi connectivity index (χ1v) is 7.65. The zero-order chi connectivity index (χ0) is 14.0. The van der Waals surface area contributed by atoms with E-state index in [1.807, 2.05) is 6.92 Å². The molecule has 19 heavy (non-hydrogen) atoms. The maximum atomic E-state index is 12.4. The molecule has 0 saturated heterocycles. The Hall–Kier alpha value is -1.41. The van der Waals surface area contributed by atoms with Gasteiger partial charge in [-0.25, -0.2) is 8.42 Å². The number of carboxylic acid groups (broad SMARTS) is 1. The van der Waals surface area contributed by atoms with Crippen molar-refractivity contribution in [2.45, 2.75) is 43.7 Å². The normalized spacial score (nSPS) is 15.9. The van der Waals surface area contributed by atoms with Crippen molar-refractivity contribution in [2.75, 3.05) is 6.54 Å². The summed E-state index contributed by atoms with van der Waals surface area (Å²) in [6.07, 6.45) is 4.40. The van der Waals surface area contributed by atoms with Crippen molar-refractivity contribution < 1.29 is 18.3 Å². The molecule has 106 valence electrons. The average Bonchev–Trinajstić information content (AvgIpc) is 3.04. The Bertz CT molecular complexity index is 562. The first-order chi connectivity index (χ1) is 8.95. The molecule has 1 N–H and O–H groups in total. The van der Waals surface area contributed by atoms with Crippen LogP contribution in [0, 0.1) is 0 Å². The summed E-state index contributed by atoms with van der Waals surface area (Å²) in [7, 11) is -3.50. The van der Waals surface area contributed by atoms with Crippen LogP contribution < -0.4 is 0 Å². The first kappa shape index (κ1) is 14.0. The third kappa shape index (κ3) is 3.13. The molecule has 0 amide bonds. The average molecular weight is 287 g/mol. The molecule has 7 nitrogen and oxygen atoms in total. The molecule has 1 fully saturated rings. The molecule has 1 aliphatic carbocycles. The Morgan fingerprint density at radius 3 is 2.79 bits per heavy atom. The van der Waals surface area contributed by atoms with Gasteiger partial charge in [0.2, 0.25) is 10.0 Å². The zero-order valence-corrected chi connectivity index (χ0v) is 11.5. The third-order valence-electron chi connectivity index (χ3n) is 3.04. The lowest BCUT2D eigenvalue weighted by molar-refractivity contribution is -0.137.